The van der Waals surface area contributed by atoms with Gasteiger partial charge in [-0.2, -0.15) is 0 Å². The molecule has 29 N–H and O–H groups in total. The highest BCUT2D eigenvalue weighted by Gasteiger charge is 2.54. The molecule has 0 aromatic carbocycles. The molecule has 0 bridgehead atoms. The minimum atomic E-state index is -2.21. The number of aliphatic hydroxyl groups is 8. The van der Waals surface area contributed by atoms with Crippen molar-refractivity contribution in [3.05, 3.63) is 56.8 Å². The molecule has 4 aromatic rings. The fourth-order valence-electron chi connectivity index (χ4n) is 10.6. The minimum absolute atomic E-state index is 0. The van der Waals surface area contributed by atoms with Crippen molar-refractivity contribution < 1.29 is 108 Å². The van der Waals surface area contributed by atoms with E-state index in [1.54, 1.807) is 10.8 Å². The molecule has 586 valence electrons. The van der Waals surface area contributed by atoms with Crippen molar-refractivity contribution in [3.8, 4) is 10.7 Å². The summed E-state index contributed by atoms with van der Waals surface area (Å²) in [4.78, 5) is 142. The van der Waals surface area contributed by atoms with Crippen LogP contribution in [0.25, 0.3) is 10.7 Å². The van der Waals surface area contributed by atoms with Gasteiger partial charge in [-0.3, -0.25) is 38.4 Å². The third-order valence-corrected chi connectivity index (χ3v) is 18.4. The van der Waals surface area contributed by atoms with Crippen molar-refractivity contribution in [2.75, 3.05) is 64.8 Å². The second kappa shape index (κ2) is 42.4. The standard InChI is InChI=1S/C60H94N20O22S2.ClH/c1-24-38(77-51(80-49(24)64)29(16-36(63)85)72-17-28(61)50(65)91)55(95)79-40(46(30-18-69-23-73-30)100-59-48(44(89)42(87)33(19-81)99-59)101-58-45(90)47(102-60(66)97)43(88)34(20-82)98-58)56(96)74-26(3)41(86)25(2)52(92)78-39(27(4)83)54(94)71-15-9-37-75-32(22-103-37)57-76-31(21-104-57)53(93)70-13-7-12-67-10-5-6-11-68-14-8-35(62)84;/h18,21-23,25-29,33-34,39-48,58-59,67-68,72,81-83,86-90H,5-17,19-20,61H2,1-4H3,(H2,62,84)(H2,63,85)(H2,65,91)(H2,66,97)(H,69,73)(H,70,93)(H,71,94)(H,74,96)(H,78,92)(H,79,95)(H2,64,77,80);1H/t25-,26+,27+,28-,29-,33-,34+,39-,40-,41-,42+,43+,44-,45-,46-,47-,48-,58+,59-;/m0./s1. The van der Waals surface area contributed by atoms with Crippen LogP contribution in [0, 0.1) is 12.8 Å². The number of nitrogen functional groups attached to an aromatic ring is 1. The van der Waals surface area contributed by atoms with E-state index in [1.807, 2.05) is 0 Å². The van der Waals surface area contributed by atoms with E-state index in [9.17, 15) is 79.2 Å². The zero-order valence-corrected chi connectivity index (χ0v) is 60.1. The van der Waals surface area contributed by atoms with Gasteiger partial charge in [-0.1, -0.05) is 6.92 Å². The van der Waals surface area contributed by atoms with Gasteiger partial charge in [0.1, 0.15) is 94.6 Å². The molecule has 0 radical (unpaired) electrons. The fraction of sp³-hybridized carbons (Fsp3) is 0.633. The van der Waals surface area contributed by atoms with Gasteiger partial charge in [-0.25, -0.2) is 29.7 Å². The van der Waals surface area contributed by atoms with Crippen LogP contribution in [0.5, 0.6) is 0 Å². The number of aliphatic hydroxyl groups excluding tert-OH is 8. The average Bonchev–Trinajstić information content (AvgIpc) is 1.30. The van der Waals surface area contributed by atoms with Gasteiger partial charge < -0.3 is 146 Å². The van der Waals surface area contributed by atoms with Crippen molar-refractivity contribution in [1.29, 1.82) is 0 Å². The molecule has 42 nitrogen and oxygen atoms in total. The molecule has 0 saturated carbocycles. The number of carbonyl (C=O) groups excluding carboxylic acids is 9. The summed E-state index contributed by atoms with van der Waals surface area (Å²) in [5.41, 5.74) is 33.2. The highest BCUT2D eigenvalue weighted by molar-refractivity contribution is 7.14. The number of ether oxygens (including phenoxy) is 5. The first-order chi connectivity index (χ1) is 49.3. The number of nitrogens with one attached hydrogen (secondary N) is 9. The first kappa shape index (κ1) is 87.7. The smallest absolute Gasteiger partial charge is 0.404 e. The van der Waals surface area contributed by atoms with Gasteiger partial charge in [0.15, 0.2) is 18.7 Å². The molecule has 2 saturated heterocycles. The van der Waals surface area contributed by atoms with Crippen LogP contribution in [0.2, 0.25) is 0 Å². The Morgan fingerprint density at radius 1 is 0.705 bits per heavy atom. The molecule has 2 aliphatic rings. The molecule has 9 amide bonds. The first-order valence-electron chi connectivity index (χ1n) is 33.0. The zero-order chi connectivity index (χ0) is 76.6. The maximum atomic E-state index is 15.2. The quantitative estimate of drug-likeness (QED) is 0.0183. The second-order valence-corrected chi connectivity index (χ2v) is 26.4. The number of nitrogens with zero attached hydrogens (tertiary/aromatic N) is 5. The molecular weight excluding hydrogens is 1450 g/mol. The summed E-state index contributed by atoms with van der Waals surface area (Å²) in [6.07, 6.45) is -22.4. The van der Waals surface area contributed by atoms with E-state index in [1.165, 1.54) is 50.4 Å². The largest absolute Gasteiger partial charge is 0.441 e. The van der Waals surface area contributed by atoms with Crippen LogP contribution >= 0.6 is 35.1 Å². The van der Waals surface area contributed by atoms with Crippen molar-refractivity contribution >= 4 is 94.2 Å². The van der Waals surface area contributed by atoms with Crippen LogP contribution in [-0.4, -0.2) is 281 Å². The average molecular weight is 1550 g/mol. The van der Waals surface area contributed by atoms with E-state index >= 15 is 4.79 Å². The van der Waals surface area contributed by atoms with Gasteiger partial charge in [0, 0.05) is 61.8 Å². The van der Waals surface area contributed by atoms with E-state index in [4.69, 9.17) is 58.1 Å². The maximum Gasteiger partial charge on any atom is 0.404 e. The lowest BCUT2D eigenvalue weighted by atomic mass is 9.96. The molecule has 0 spiro atoms. The Morgan fingerprint density at radius 3 is 2.00 bits per heavy atom. The molecule has 105 heavy (non-hydrogen) atoms. The third-order valence-electron chi connectivity index (χ3n) is 16.6. The van der Waals surface area contributed by atoms with Crippen LogP contribution in [0.15, 0.2) is 23.3 Å². The number of unbranched alkanes of at least 4 members (excludes halogenated alkanes) is 1. The number of anilines is 1. The fourth-order valence-corrected chi connectivity index (χ4v) is 12.2. The van der Waals surface area contributed by atoms with Crippen LogP contribution in [0.1, 0.15) is 108 Å². The molecule has 0 unspecified atom stereocenters. The summed E-state index contributed by atoms with van der Waals surface area (Å²) in [5.74, 6) is -9.15. The zero-order valence-electron chi connectivity index (χ0n) is 57.6. The topological polar surface area (TPSA) is 694 Å². The Bertz CT molecular complexity index is 3500. The Morgan fingerprint density at radius 2 is 1.37 bits per heavy atom. The van der Waals surface area contributed by atoms with Gasteiger partial charge in [-0.15, -0.1) is 35.1 Å². The Labute approximate surface area is 614 Å². The molecule has 6 rings (SSSR count). The van der Waals surface area contributed by atoms with E-state index in [-0.39, 0.29) is 72.3 Å². The number of carbonyl (C=O) groups is 9. The SMILES string of the molecule is Cc1c(N)nc([C@H](CC(N)=O)NC[C@H](N)C(N)=O)nc1C(=O)N[C@H](C(=O)N[C@H](C)[C@@H](O)[C@H](C)C(=O)N[C@H](C(=O)NCCc1nc(-c2nc(C(=O)NCCCNCCCCNCCC(N)=O)cs2)cs1)[C@@H](C)O)[C@@H](O[C@@H]1O[C@@H](CO)[C@@H](O)[C@H](O)[C@@H]1O[C@H]1O[C@H](CO)[C@@H](O)[C@H](OC(N)=O)[C@@H]1O)c1cnc[nH]1.Cl. The number of aromatic amines is 1. The lowest BCUT2D eigenvalue weighted by molar-refractivity contribution is -0.372. The lowest BCUT2D eigenvalue weighted by Gasteiger charge is -2.47. The van der Waals surface area contributed by atoms with Crippen LogP contribution in [-0.2, 0) is 58.9 Å². The Kier molecular flexibility index (Phi) is 35.4. The summed E-state index contributed by atoms with van der Waals surface area (Å²) in [6.45, 7) is 5.84. The van der Waals surface area contributed by atoms with Crippen molar-refractivity contribution in [1.82, 2.24) is 72.4 Å². The van der Waals surface area contributed by atoms with Gasteiger partial charge in [-0.05, 0) is 59.7 Å². The predicted octanol–water partition coefficient (Wildman–Crippen LogP) is -8.32. The number of H-pyrrole nitrogens is 1. The molecule has 45 heteroatoms. The maximum absolute atomic E-state index is 15.2. The summed E-state index contributed by atoms with van der Waals surface area (Å²) in [6, 6.07) is -7.90. The highest BCUT2D eigenvalue weighted by Crippen LogP contribution is 2.35. The molecular formula is C60H95ClN20O22S2. The Balaban J connectivity index is 0.0000198. The summed E-state index contributed by atoms with van der Waals surface area (Å²) in [7, 11) is 0. The van der Waals surface area contributed by atoms with Crippen molar-refractivity contribution in [2.45, 2.75) is 176 Å². The summed E-state index contributed by atoms with van der Waals surface area (Å²) < 4.78 is 28.8. The molecule has 4 aromatic heterocycles. The van der Waals surface area contributed by atoms with E-state index in [2.05, 4.69) is 72.4 Å². The number of aromatic nitrogens is 6. The van der Waals surface area contributed by atoms with Crippen molar-refractivity contribution in [3.63, 3.8) is 0 Å². The number of primary amides is 4. The van der Waals surface area contributed by atoms with E-state index in [0.717, 1.165) is 38.5 Å². The summed E-state index contributed by atoms with van der Waals surface area (Å²) in [5, 5.41) is 115. The molecule has 2 fully saturated rings. The number of imidazole rings is 1. The molecule has 2 aliphatic heterocycles. The highest BCUT2D eigenvalue weighted by atomic mass is 35.5. The number of thiazole rings is 2. The monoisotopic (exact) mass is 1550 g/mol. The van der Waals surface area contributed by atoms with Crippen LogP contribution in [0.4, 0.5) is 10.6 Å². The normalized spacial score (nSPS) is 22.8. The molecule has 19 atom stereocenters. The number of hydrogen-bond donors (Lipinski definition) is 23. The minimum Gasteiger partial charge on any atom is -0.441 e. The Hall–Kier alpha value is -7.97. The first-order valence-corrected chi connectivity index (χ1v) is 34.8. The predicted molar refractivity (Wildman–Crippen MR) is 371 cm³/mol. The van der Waals surface area contributed by atoms with Crippen LogP contribution < -0.4 is 76.9 Å². The summed E-state index contributed by atoms with van der Waals surface area (Å²) >= 11 is 2.48. The number of halogens is 1. The number of amides is 9. The number of hydrogen-bond acceptors (Lipinski definition) is 34. The van der Waals surface area contributed by atoms with E-state index < -0.39 is 183 Å². The number of nitrogens with two attached hydrogens (primary N) is 6. The number of rotatable bonds is 43. The van der Waals surface area contributed by atoms with E-state index in [0.29, 0.717) is 48.2 Å². The third kappa shape index (κ3) is 25.3. The molecule has 6 heterocycles. The van der Waals surface area contributed by atoms with Gasteiger partial charge in [0.25, 0.3) is 11.8 Å². The van der Waals surface area contributed by atoms with Gasteiger partial charge in [0.05, 0.1) is 72.7 Å². The van der Waals surface area contributed by atoms with Gasteiger partial charge >= 0.3 is 6.09 Å². The van der Waals surface area contributed by atoms with Crippen LogP contribution in [0.3, 0.4) is 0 Å². The lowest BCUT2D eigenvalue weighted by Crippen LogP contribution is -2.65. The molecule has 0 aliphatic carbocycles. The van der Waals surface area contributed by atoms with Gasteiger partial charge in [0.2, 0.25) is 35.4 Å². The van der Waals surface area contributed by atoms with Crippen molar-refractivity contribution in [2.24, 2.45) is 34.6 Å². The second-order valence-electron chi connectivity index (χ2n) is 24.6.